The molecular formula is C19H24N2O7. The minimum atomic E-state index is -0.964. The summed E-state index contributed by atoms with van der Waals surface area (Å²) in [6.07, 6.45) is -2.31. The van der Waals surface area contributed by atoms with Gasteiger partial charge < -0.3 is 24.4 Å². The lowest BCUT2D eigenvalue weighted by Crippen LogP contribution is -2.45. The molecule has 28 heavy (non-hydrogen) atoms. The van der Waals surface area contributed by atoms with Gasteiger partial charge in [0, 0.05) is 12.3 Å². The molecule has 1 aliphatic heterocycles. The maximum atomic E-state index is 12.2. The van der Waals surface area contributed by atoms with Crippen LogP contribution in [0.15, 0.2) is 35.4 Å². The molecule has 9 heteroatoms. The predicted octanol–water partition coefficient (Wildman–Crippen LogP) is -0.412. The summed E-state index contributed by atoms with van der Waals surface area (Å²) in [7, 11) is 2.34. The van der Waals surface area contributed by atoms with Gasteiger partial charge in [-0.3, -0.25) is 4.79 Å². The monoisotopic (exact) mass is 392 g/mol. The number of nitrogens with zero attached hydrogens (tertiary/aromatic N) is 2. The number of hydrogen-bond acceptors (Lipinski definition) is 8. The lowest BCUT2D eigenvalue weighted by Gasteiger charge is -2.23. The first kappa shape index (κ1) is 21.5. The number of benzene rings is 1. The molecule has 1 heterocycles. The zero-order valence-electron chi connectivity index (χ0n) is 16.0. The third-order valence-electron chi connectivity index (χ3n) is 4.29. The normalized spacial score (nSPS) is 20.1. The molecule has 1 N–H and O–H groups in total. The number of rotatable bonds is 8. The second-order valence-electron chi connectivity index (χ2n) is 6.30. The summed E-state index contributed by atoms with van der Waals surface area (Å²) in [5, 5.41) is 26.1. The highest BCUT2D eigenvalue weighted by atomic mass is 16.5. The molecule has 1 aromatic carbocycles. The van der Waals surface area contributed by atoms with E-state index in [2.05, 4.69) is 9.84 Å². The molecule has 0 spiro atoms. The third-order valence-corrected chi connectivity index (χ3v) is 4.29. The number of aliphatic hydroxyl groups excluding tert-OH is 1. The van der Waals surface area contributed by atoms with Crippen molar-refractivity contribution >= 4 is 23.5 Å². The van der Waals surface area contributed by atoms with Gasteiger partial charge in [-0.15, -0.1) is 0 Å². The molecule has 9 nitrogen and oxygen atoms in total. The highest BCUT2D eigenvalue weighted by molar-refractivity contribution is 6.37. The van der Waals surface area contributed by atoms with Crippen LogP contribution in [0.4, 0.5) is 0 Å². The number of ether oxygens (including phenoxy) is 3. The minimum Gasteiger partial charge on any atom is -0.857 e. The fourth-order valence-corrected chi connectivity index (χ4v) is 2.93. The number of carbonyl (C=O) groups is 2. The molecular weight excluding hydrogens is 368 g/mol. The van der Waals surface area contributed by atoms with Crippen LogP contribution in [0.3, 0.4) is 0 Å². The molecule has 0 amide bonds. The smallest absolute Gasteiger partial charge is 0.401 e. The molecule has 0 fully saturated rings. The standard InChI is InChI=1S/C19H24N2O7/c1-12(22)18(28-11-13-7-5-4-6-8-13)14-9-16(23)20-21(14)15(19(25)27-3)10-17(24)26-2/h4-8,12,14,18,22H,9-11H2,1-3H3/t12-,14+,18-/m0/s1. The van der Waals surface area contributed by atoms with Gasteiger partial charge in [0.15, 0.2) is 0 Å². The molecule has 2 rings (SSSR count). The first-order valence-corrected chi connectivity index (χ1v) is 8.75. The molecule has 152 valence electrons. The zero-order valence-corrected chi connectivity index (χ0v) is 16.0. The van der Waals surface area contributed by atoms with Gasteiger partial charge in [-0.05, 0) is 17.6 Å². The fraction of sp³-hybridized carbons (Fsp3) is 0.474. The molecule has 0 saturated heterocycles. The van der Waals surface area contributed by atoms with Crippen molar-refractivity contribution in [2.45, 2.75) is 44.6 Å². The van der Waals surface area contributed by atoms with Gasteiger partial charge in [0.1, 0.15) is 12.5 Å². The quantitative estimate of drug-likeness (QED) is 0.471. The summed E-state index contributed by atoms with van der Waals surface area (Å²) in [5.74, 6) is -2.00. The van der Waals surface area contributed by atoms with Crippen LogP contribution in [-0.4, -0.2) is 65.8 Å². The van der Waals surface area contributed by atoms with Gasteiger partial charge in [0.2, 0.25) is 6.04 Å². The van der Waals surface area contributed by atoms with E-state index in [0.717, 1.165) is 17.4 Å². The summed E-state index contributed by atoms with van der Waals surface area (Å²) in [6, 6.07) is 8.55. The Kier molecular flexibility index (Phi) is 7.65. The van der Waals surface area contributed by atoms with E-state index in [9.17, 15) is 19.8 Å². The number of hydrazone groups is 1. The molecule has 0 radical (unpaired) electrons. The molecule has 1 aliphatic rings. The fourth-order valence-electron chi connectivity index (χ4n) is 2.93. The van der Waals surface area contributed by atoms with Crippen LogP contribution < -0.4 is 5.11 Å². The number of carbonyl (C=O) groups excluding carboxylic acids is 2. The highest BCUT2D eigenvalue weighted by Crippen LogP contribution is 2.20. The number of methoxy groups -OCH3 is 2. The van der Waals surface area contributed by atoms with Crippen molar-refractivity contribution in [2.24, 2.45) is 5.10 Å². The maximum absolute atomic E-state index is 12.2. The summed E-state index contributed by atoms with van der Waals surface area (Å²) in [4.78, 5) is 23.9. The number of esters is 2. The van der Waals surface area contributed by atoms with Crippen molar-refractivity contribution in [1.82, 2.24) is 0 Å². The van der Waals surface area contributed by atoms with E-state index < -0.39 is 42.5 Å². The Morgan fingerprint density at radius 1 is 1.29 bits per heavy atom. The van der Waals surface area contributed by atoms with Crippen LogP contribution in [-0.2, 0) is 30.4 Å². The largest absolute Gasteiger partial charge is 0.857 e. The third kappa shape index (κ3) is 5.37. The average Bonchev–Trinajstić information content (AvgIpc) is 3.06. The molecule has 3 atom stereocenters. The zero-order chi connectivity index (χ0) is 20.7. The van der Waals surface area contributed by atoms with Gasteiger partial charge in [0.05, 0.1) is 26.9 Å². The Bertz CT molecular complexity index is 759. The van der Waals surface area contributed by atoms with E-state index >= 15 is 0 Å². The number of hydrogen-bond donors (Lipinski definition) is 1. The van der Waals surface area contributed by atoms with E-state index in [-0.39, 0.29) is 18.7 Å². The molecule has 0 aliphatic carbocycles. The SMILES string of the molecule is COC(=O)C/C(C(=O)OC)=[N+]1\N=C([O-])C[C@@H]1[C@@H](OCc1ccccc1)[C@H](C)O. The van der Waals surface area contributed by atoms with Crippen molar-refractivity contribution in [1.29, 1.82) is 0 Å². The highest BCUT2D eigenvalue weighted by Gasteiger charge is 2.44. The van der Waals surface area contributed by atoms with Crippen LogP contribution in [0.2, 0.25) is 0 Å². The second kappa shape index (κ2) is 9.95. The molecule has 0 saturated carbocycles. The molecule has 0 aromatic heterocycles. The van der Waals surface area contributed by atoms with Crippen molar-refractivity contribution in [2.75, 3.05) is 14.2 Å². The van der Waals surface area contributed by atoms with E-state index in [1.807, 2.05) is 30.3 Å². The summed E-state index contributed by atoms with van der Waals surface area (Å²) in [6.45, 7) is 1.72. The van der Waals surface area contributed by atoms with Crippen molar-refractivity contribution in [3.63, 3.8) is 0 Å². The van der Waals surface area contributed by atoms with Crippen molar-refractivity contribution in [3.05, 3.63) is 35.9 Å². The maximum Gasteiger partial charge on any atom is 0.401 e. The molecule has 0 bridgehead atoms. The number of aliphatic hydroxyl groups is 1. The van der Waals surface area contributed by atoms with Crippen LogP contribution in [0, 0.1) is 0 Å². The Hall–Kier alpha value is -2.78. The van der Waals surface area contributed by atoms with E-state index in [1.165, 1.54) is 14.0 Å². The first-order chi connectivity index (χ1) is 13.4. The second-order valence-corrected chi connectivity index (χ2v) is 6.30. The average molecular weight is 392 g/mol. The Labute approximate surface area is 162 Å². The van der Waals surface area contributed by atoms with E-state index in [0.29, 0.717) is 0 Å². The summed E-state index contributed by atoms with van der Waals surface area (Å²) < 4.78 is 16.3. The van der Waals surface area contributed by atoms with Gasteiger partial charge in [-0.1, -0.05) is 35.0 Å². The lowest BCUT2D eigenvalue weighted by molar-refractivity contribution is -0.575. The predicted molar refractivity (Wildman–Crippen MR) is 96.5 cm³/mol. The Morgan fingerprint density at radius 2 is 1.96 bits per heavy atom. The topological polar surface area (TPSA) is 120 Å². The van der Waals surface area contributed by atoms with Crippen LogP contribution in [0.5, 0.6) is 0 Å². The van der Waals surface area contributed by atoms with Crippen LogP contribution in [0.25, 0.3) is 0 Å². The Morgan fingerprint density at radius 3 is 2.54 bits per heavy atom. The van der Waals surface area contributed by atoms with Crippen molar-refractivity contribution < 1.29 is 38.7 Å². The van der Waals surface area contributed by atoms with E-state index in [4.69, 9.17) is 9.47 Å². The molecule has 0 unspecified atom stereocenters. The van der Waals surface area contributed by atoms with Gasteiger partial charge in [-0.25, -0.2) is 4.79 Å². The van der Waals surface area contributed by atoms with Crippen LogP contribution in [0.1, 0.15) is 25.3 Å². The molecule has 1 aromatic rings. The van der Waals surface area contributed by atoms with Gasteiger partial charge in [0.25, 0.3) is 0 Å². The van der Waals surface area contributed by atoms with Crippen LogP contribution >= 0.6 is 0 Å². The summed E-state index contributed by atoms with van der Waals surface area (Å²) in [5.41, 5.74) is 0.729. The minimum absolute atomic E-state index is 0.0774. The van der Waals surface area contributed by atoms with Crippen molar-refractivity contribution in [3.8, 4) is 0 Å². The first-order valence-electron chi connectivity index (χ1n) is 8.75. The lowest BCUT2D eigenvalue weighted by atomic mass is 10.0. The van der Waals surface area contributed by atoms with E-state index in [1.54, 1.807) is 0 Å². The van der Waals surface area contributed by atoms with Gasteiger partial charge >= 0.3 is 17.7 Å². The van der Waals surface area contributed by atoms with Gasteiger partial charge in [-0.2, -0.15) is 0 Å². The Balaban J connectivity index is 2.34. The summed E-state index contributed by atoms with van der Waals surface area (Å²) >= 11 is 0.